The minimum absolute atomic E-state index is 0.0374. The molecule has 2 aromatic carbocycles. The number of nitrogens with zero attached hydrogens (tertiary/aromatic N) is 5. The molecule has 4 aliphatic rings. The number of fused-ring (bicyclic) bond motifs is 4. The van der Waals surface area contributed by atoms with Gasteiger partial charge in [-0.1, -0.05) is 11.6 Å². The molecule has 4 amide bonds. The molecule has 2 aliphatic carbocycles. The normalized spacial score (nSPS) is 28.9. The number of carbonyl (C=O) groups is 4. The van der Waals surface area contributed by atoms with Crippen LogP contribution in [0.3, 0.4) is 0 Å². The standard InChI is InChI=1S/C31H29Cl2N5O11/c1-34(2)25-18(37(44)45)8-13(9-19(25)38(46)47)36-26(40)16-7-6-15-17(22(16)27(36)41)12-30(32)28(42)35(3)29(43)31(30,33)24(15)23-20(48-4)10-14(39)11-21(23)49-5/h6,8-11,16-17,22,24,39H,7,12H2,1-5H3. The molecule has 0 radical (unpaired) electrons. The van der Waals surface area contributed by atoms with Gasteiger partial charge in [-0.05, 0) is 18.8 Å². The van der Waals surface area contributed by atoms with Crippen molar-refractivity contribution in [3.63, 3.8) is 0 Å². The van der Waals surface area contributed by atoms with Crippen LogP contribution in [0.1, 0.15) is 24.3 Å². The molecule has 6 rings (SSSR count). The molecule has 18 heteroatoms. The lowest BCUT2D eigenvalue weighted by Gasteiger charge is -2.51. The second-order valence-electron chi connectivity index (χ2n) is 12.5. The summed E-state index contributed by atoms with van der Waals surface area (Å²) in [7, 11) is 6.60. The highest BCUT2D eigenvalue weighted by molar-refractivity contribution is 6.53. The average Bonchev–Trinajstić information content (AvgIpc) is 3.38. The van der Waals surface area contributed by atoms with Crippen molar-refractivity contribution >= 4 is 69.6 Å². The minimum atomic E-state index is -2.18. The van der Waals surface area contributed by atoms with E-state index in [1.807, 2.05) is 0 Å². The number of hydrogen-bond acceptors (Lipinski definition) is 12. The van der Waals surface area contributed by atoms with E-state index in [2.05, 4.69) is 0 Å². The summed E-state index contributed by atoms with van der Waals surface area (Å²) in [5, 5.41) is 34.5. The van der Waals surface area contributed by atoms with Crippen molar-refractivity contribution in [1.29, 1.82) is 0 Å². The number of hydrogen-bond donors (Lipinski definition) is 1. The molecule has 2 aliphatic heterocycles. The lowest BCUT2D eigenvalue weighted by atomic mass is 9.56. The lowest BCUT2D eigenvalue weighted by molar-refractivity contribution is -0.392. The molecule has 2 heterocycles. The van der Waals surface area contributed by atoms with E-state index in [1.165, 1.54) is 52.4 Å². The van der Waals surface area contributed by atoms with E-state index in [-0.39, 0.29) is 47.0 Å². The van der Waals surface area contributed by atoms with Crippen molar-refractivity contribution in [1.82, 2.24) is 4.90 Å². The Labute approximate surface area is 288 Å². The third-order valence-corrected chi connectivity index (χ3v) is 11.4. The number of imide groups is 2. The molecule has 6 atom stereocenters. The maximum atomic E-state index is 14.4. The number of phenols is 1. The number of benzene rings is 2. The van der Waals surface area contributed by atoms with E-state index in [0.29, 0.717) is 10.5 Å². The van der Waals surface area contributed by atoms with Gasteiger partial charge in [0, 0.05) is 56.9 Å². The van der Waals surface area contributed by atoms with Gasteiger partial charge in [-0.3, -0.25) is 44.3 Å². The zero-order valence-corrected chi connectivity index (χ0v) is 28.1. The molecule has 16 nitrogen and oxygen atoms in total. The Hall–Kier alpha value is -4.96. The molecule has 3 fully saturated rings. The first-order valence-corrected chi connectivity index (χ1v) is 15.6. The molecule has 0 bridgehead atoms. The van der Waals surface area contributed by atoms with Gasteiger partial charge in [0.1, 0.15) is 17.2 Å². The summed E-state index contributed by atoms with van der Waals surface area (Å²) in [5.41, 5.74) is -1.55. The fourth-order valence-electron chi connectivity index (χ4n) is 7.98. The Morgan fingerprint density at radius 1 is 0.918 bits per heavy atom. The fraction of sp³-hybridized carbons (Fsp3) is 0.419. The number of nitro benzene ring substituents is 2. The van der Waals surface area contributed by atoms with Crippen LogP contribution in [0.25, 0.3) is 0 Å². The van der Waals surface area contributed by atoms with Crippen LogP contribution in [-0.4, -0.2) is 88.6 Å². The molecule has 1 N–H and O–H groups in total. The van der Waals surface area contributed by atoms with Gasteiger partial charge < -0.3 is 19.5 Å². The summed E-state index contributed by atoms with van der Waals surface area (Å²) in [6.07, 6.45) is 1.23. The number of likely N-dealkylation sites (tertiary alicyclic amines) is 1. The van der Waals surface area contributed by atoms with Crippen molar-refractivity contribution < 1.29 is 43.6 Å². The predicted molar refractivity (Wildman–Crippen MR) is 173 cm³/mol. The summed E-state index contributed by atoms with van der Waals surface area (Å²) in [6.45, 7) is 0. The van der Waals surface area contributed by atoms with Crippen molar-refractivity contribution in [2.45, 2.75) is 28.5 Å². The van der Waals surface area contributed by atoms with Gasteiger partial charge in [-0.25, -0.2) is 4.90 Å². The monoisotopic (exact) mass is 717 g/mol. The SMILES string of the molecule is COc1cc(O)cc(OC)c1C1C2=CCC3C(=O)N(c4cc([N+](=O)[O-])c(N(C)C)c([N+](=O)[O-])c4)C(=O)C3C2CC2(Cl)C(=O)N(C)C(=O)C12Cl. The van der Waals surface area contributed by atoms with Gasteiger partial charge in [-0.2, -0.15) is 0 Å². The van der Waals surface area contributed by atoms with Gasteiger partial charge in [-0.15, -0.1) is 23.2 Å². The number of halogens is 2. The highest BCUT2D eigenvalue weighted by atomic mass is 35.5. The molecule has 0 aromatic heterocycles. The minimum Gasteiger partial charge on any atom is -0.508 e. The molecule has 2 saturated heterocycles. The molecule has 6 unspecified atom stereocenters. The number of rotatable bonds is 7. The largest absolute Gasteiger partial charge is 0.508 e. The van der Waals surface area contributed by atoms with Gasteiger partial charge in [0.05, 0.1) is 41.6 Å². The number of amides is 4. The Balaban J connectivity index is 1.55. The number of anilines is 2. The molecular weight excluding hydrogens is 689 g/mol. The molecule has 49 heavy (non-hydrogen) atoms. The van der Waals surface area contributed by atoms with Crippen LogP contribution in [0.15, 0.2) is 35.9 Å². The van der Waals surface area contributed by atoms with E-state index in [0.717, 1.165) is 17.0 Å². The Kier molecular flexibility index (Phi) is 7.82. The first-order chi connectivity index (χ1) is 23.0. The highest BCUT2D eigenvalue weighted by Gasteiger charge is 2.76. The maximum Gasteiger partial charge on any atom is 0.301 e. The fourth-order valence-corrected chi connectivity index (χ4v) is 8.98. The summed E-state index contributed by atoms with van der Waals surface area (Å²) < 4.78 is 11.2. The first-order valence-electron chi connectivity index (χ1n) is 14.8. The highest BCUT2D eigenvalue weighted by Crippen LogP contribution is 2.67. The molecular formula is C31H29Cl2N5O11. The zero-order chi connectivity index (χ0) is 36.1. The molecule has 258 valence electrons. The van der Waals surface area contributed by atoms with Crippen LogP contribution in [0, 0.1) is 38.0 Å². The third kappa shape index (κ3) is 4.42. The quantitative estimate of drug-likeness (QED) is 0.144. The lowest BCUT2D eigenvalue weighted by Crippen LogP contribution is -2.60. The van der Waals surface area contributed by atoms with Crippen molar-refractivity contribution in [2.75, 3.05) is 45.2 Å². The summed E-state index contributed by atoms with van der Waals surface area (Å²) >= 11 is 14.4. The maximum absolute atomic E-state index is 14.4. The number of alkyl halides is 2. The molecule has 0 spiro atoms. The molecule has 2 aromatic rings. The van der Waals surface area contributed by atoms with Crippen LogP contribution in [0.5, 0.6) is 17.2 Å². The van der Waals surface area contributed by atoms with Crippen LogP contribution in [-0.2, 0) is 19.2 Å². The predicted octanol–water partition coefficient (Wildman–Crippen LogP) is 3.49. The van der Waals surface area contributed by atoms with Crippen LogP contribution < -0.4 is 19.3 Å². The number of nitro groups is 2. The Morgan fingerprint density at radius 2 is 1.47 bits per heavy atom. The number of aromatic hydroxyl groups is 1. The van der Waals surface area contributed by atoms with Crippen molar-refractivity contribution in [2.24, 2.45) is 17.8 Å². The smallest absolute Gasteiger partial charge is 0.301 e. The van der Waals surface area contributed by atoms with E-state index in [4.69, 9.17) is 32.7 Å². The number of carbonyl (C=O) groups excluding carboxylic acids is 4. The topological polar surface area (TPSA) is 203 Å². The van der Waals surface area contributed by atoms with E-state index >= 15 is 0 Å². The summed E-state index contributed by atoms with van der Waals surface area (Å²) in [5.74, 6) is -7.96. The van der Waals surface area contributed by atoms with E-state index in [1.54, 1.807) is 6.08 Å². The van der Waals surface area contributed by atoms with Crippen molar-refractivity contribution in [3.8, 4) is 17.2 Å². The van der Waals surface area contributed by atoms with Gasteiger partial charge >= 0.3 is 11.4 Å². The second kappa shape index (κ2) is 11.3. The van der Waals surface area contributed by atoms with Crippen LogP contribution in [0.2, 0.25) is 0 Å². The van der Waals surface area contributed by atoms with Crippen molar-refractivity contribution in [3.05, 3.63) is 61.7 Å². The average molecular weight is 719 g/mol. The summed E-state index contributed by atoms with van der Waals surface area (Å²) in [6, 6.07) is 4.39. The number of ether oxygens (including phenoxy) is 2. The van der Waals surface area contributed by atoms with E-state index in [9.17, 15) is 44.5 Å². The summed E-state index contributed by atoms with van der Waals surface area (Å²) in [4.78, 5) is 76.9. The van der Waals surface area contributed by atoms with Gasteiger partial charge in [0.25, 0.3) is 11.8 Å². The Morgan fingerprint density at radius 3 is 1.96 bits per heavy atom. The third-order valence-electron chi connectivity index (χ3n) is 9.98. The first kappa shape index (κ1) is 33.9. The number of methoxy groups -OCH3 is 2. The zero-order valence-electron chi connectivity index (χ0n) is 26.6. The molecule has 1 saturated carbocycles. The second-order valence-corrected chi connectivity index (χ2v) is 13.8. The number of phenolic OH excluding ortho intramolecular Hbond substituents is 1. The van der Waals surface area contributed by atoms with Gasteiger partial charge in [0.15, 0.2) is 15.4 Å². The van der Waals surface area contributed by atoms with Crippen LogP contribution in [0.4, 0.5) is 22.7 Å². The Bertz CT molecular complexity index is 1870. The van der Waals surface area contributed by atoms with Gasteiger partial charge in [0.2, 0.25) is 11.8 Å². The van der Waals surface area contributed by atoms with E-state index < -0.39 is 78.3 Å². The van der Waals surface area contributed by atoms with Crippen LogP contribution >= 0.6 is 23.2 Å². The number of allylic oxidation sites excluding steroid dienone is 2.